The Hall–Kier alpha value is -2.61. The van der Waals surface area contributed by atoms with Crippen LogP contribution in [-0.2, 0) is 11.4 Å². The van der Waals surface area contributed by atoms with Crippen LogP contribution in [0.4, 0.5) is 11.4 Å². The van der Waals surface area contributed by atoms with Crippen LogP contribution < -0.4 is 10.1 Å². The highest BCUT2D eigenvalue weighted by atomic mass is 79.9. The van der Waals surface area contributed by atoms with Gasteiger partial charge in [0.15, 0.2) is 0 Å². The van der Waals surface area contributed by atoms with Crippen LogP contribution in [0.5, 0.6) is 5.75 Å². The predicted molar refractivity (Wildman–Crippen MR) is 143 cm³/mol. The van der Waals surface area contributed by atoms with Gasteiger partial charge in [-0.15, -0.1) is 0 Å². The molecule has 35 heavy (non-hydrogen) atoms. The minimum absolute atomic E-state index is 0.0456. The highest BCUT2D eigenvalue weighted by molar-refractivity contribution is 9.11. The molecule has 0 aromatic heterocycles. The first kappa shape index (κ1) is 27.0. The number of amides is 1. The maximum absolute atomic E-state index is 12.7. The van der Waals surface area contributed by atoms with E-state index in [1.54, 1.807) is 18.2 Å². The van der Waals surface area contributed by atoms with Crippen LogP contribution in [-0.4, -0.2) is 10.8 Å². The number of nitrogens with one attached hydrogen (secondary N) is 1. The molecule has 12 heteroatoms. The van der Waals surface area contributed by atoms with Gasteiger partial charge in [0.1, 0.15) is 24.0 Å². The number of ether oxygens (including phenoxy) is 1. The van der Waals surface area contributed by atoms with E-state index in [1.165, 1.54) is 6.08 Å². The zero-order chi connectivity index (χ0) is 25.7. The lowest BCUT2D eigenvalue weighted by Crippen LogP contribution is -2.14. The molecule has 3 aromatic rings. The third-order valence-corrected chi connectivity index (χ3v) is 6.65. The quantitative estimate of drug-likeness (QED) is 0.119. The highest BCUT2D eigenvalue weighted by Gasteiger charge is 2.19. The van der Waals surface area contributed by atoms with Gasteiger partial charge in [0.2, 0.25) is 0 Å². The van der Waals surface area contributed by atoms with E-state index < -0.39 is 10.8 Å². The predicted octanol–water partition coefficient (Wildman–Crippen LogP) is 8.20. The zero-order valence-corrected chi connectivity index (χ0v) is 22.8. The molecule has 0 bridgehead atoms. The van der Waals surface area contributed by atoms with E-state index in [9.17, 15) is 20.2 Å². The number of carbonyl (C=O) groups is 1. The van der Waals surface area contributed by atoms with Crippen molar-refractivity contribution in [1.29, 1.82) is 5.26 Å². The zero-order valence-electron chi connectivity index (χ0n) is 17.3. The van der Waals surface area contributed by atoms with Crippen molar-refractivity contribution >= 4 is 90.0 Å². The SMILES string of the molecule is N#C/C(=C\c1cc(Br)c(OCc2ccccc2Cl)c(Br)c1)C(=O)Nc1c(Cl)cc([N+](=O)[O-])cc1Cl. The average molecular weight is 661 g/mol. The smallest absolute Gasteiger partial charge is 0.272 e. The monoisotopic (exact) mass is 657 g/mol. The van der Waals surface area contributed by atoms with Crippen LogP contribution >= 0.6 is 66.7 Å². The largest absolute Gasteiger partial charge is 0.486 e. The van der Waals surface area contributed by atoms with Gasteiger partial charge in [-0.05, 0) is 61.7 Å². The first-order valence-corrected chi connectivity index (χ1v) is 12.2. The fourth-order valence-electron chi connectivity index (χ4n) is 2.85. The number of nitro groups is 1. The number of non-ortho nitro benzene ring substituents is 1. The molecule has 0 spiro atoms. The molecule has 0 aliphatic heterocycles. The number of hydrogen-bond donors (Lipinski definition) is 1. The number of nitrogens with zero attached hydrogens (tertiary/aromatic N) is 2. The van der Waals surface area contributed by atoms with Crippen LogP contribution in [0.15, 0.2) is 63.0 Å². The topological polar surface area (TPSA) is 105 Å². The summed E-state index contributed by atoms with van der Waals surface area (Å²) in [5, 5.41) is 23.2. The summed E-state index contributed by atoms with van der Waals surface area (Å²) < 4.78 is 7.03. The van der Waals surface area contributed by atoms with Gasteiger partial charge in [-0.1, -0.05) is 53.0 Å². The van der Waals surface area contributed by atoms with Gasteiger partial charge < -0.3 is 10.1 Å². The van der Waals surface area contributed by atoms with E-state index in [0.29, 0.717) is 25.3 Å². The summed E-state index contributed by atoms with van der Waals surface area (Å²) in [6.45, 7) is 0.231. The Morgan fingerprint density at radius 2 is 1.69 bits per heavy atom. The lowest BCUT2D eigenvalue weighted by Gasteiger charge is -2.12. The first-order chi connectivity index (χ1) is 16.6. The maximum atomic E-state index is 12.7. The van der Waals surface area contributed by atoms with Crippen LogP contribution in [0.25, 0.3) is 6.08 Å². The van der Waals surface area contributed by atoms with Gasteiger partial charge in [-0.25, -0.2) is 0 Å². The number of nitro benzene ring substituents is 1. The maximum Gasteiger partial charge on any atom is 0.272 e. The van der Waals surface area contributed by atoms with Crippen molar-refractivity contribution in [1.82, 2.24) is 0 Å². The van der Waals surface area contributed by atoms with E-state index in [0.717, 1.165) is 17.7 Å². The molecule has 0 unspecified atom stereocenters. The van der Waals surface area contributed by atoms with E-state index in [4.69, 9.17) is 39.5 Å². The minimum Gasteiger partial charge on any atom is -0.486 e. The summed E-state index contributed by atoms with van der Waals surface area (Å²) >= 11 is 25.1. The van der Waals surface area contributed by atoms with Crippen molar-refractivity contribution in [2.24, 2.45) is 0 Å². The molecule has 1 amide bonds. The molecule has 0 saturated carbocycles. The van der Waals surface area contributed by atoms with E-state index >= 15 is 0 Å². The van der Waals surface area contributed by atoms with Gasteiger partial charge in [0.05, 0.1) is 29.6 Å². The highest BCUT2D eigenvalue weighted by Crippen LogP contribution is 2.37. The lowest BCUT2D eigenvalue weighted by atomic mass is 10.1. The van der Waals surface area contributed by atoms with Gasteiger partial charge in [0.25, 0.3) is 11.6 Å². The van der Waals surface area contributed by atoms with Crippen molar-refractivity contribution in [3.05, 3.63) is 99.4 Å². The minimum atomic E-state index is -0.795. The van der Waals surface area contributed by atoms with Gasteiger partial charge >= 0.3 is 0 Å². The second-order valence-corrected chi connectivity index (χ2v) is 9.79. The normalized spacial score (nSPS) is 11.0. The van der Waals surface area contributed by atoms with Crippen molar-refractivity contribution in [2.75, 3.05) is 5.32 Å². The molecule has 0 aliphatic carbocycles. The number of halogens is 5. The fraction of sp³-hybridized carbons (Fsp3) is 0.0435. The summed E-state index contributed by atoms with van der Waals surface area (Å²) in [5.41, 5.74) is 0.695. The van der Waals surface area contributed by atoms with E-state index in [1.807, 2.05) is 24.3 Å². The summed E-state index contributed by atoms with van der Waals surface area (Å²) in [6, 6.07) is 14.6. The molecule has 0 aliphatic rings. The van der Waals surface area contributed by atoms with Gasteiger partial charge in [-0.3, -0.25) is 14.9 Å². The fourth-order valence-corrected chi connectivity index (χ4v) is 5.06. The Bertz CT molecular complexity index is 1360. The summed E-state index contributed by atoms with van der Waals surface area (Å²) in [4.78, 5) is 23.0. The molecule has 0 fully saturated rings. The number of hydrogen-bond acceptors (Lipinski definition) is 5. The number of carbonyl (C=O) groups excluding carboxylic acids is 1. The summed E-state index contributed by atoms with van der Waals surface area (Å²) in [5.74, 6) is -0.286. The van der Waals surface area contributed by atoms with Crippen LogP contribution in [0, 0.1) is 21.4 Å². The Balaban J connectivity index is 1.82. The molecule has 7 nitrogen and oxygen atoms in total. The molecule has 0 heterocycles. The van der Waals surface area contributed by atoms with E-state index in [2.05, 4.69) is 37.2 Å². The molecule has 3 aromatic carbocycles. The Labute approximate surface area is 231 Å². The average Bonchev–Trinajstić information content (AvgIpc) is 2.80. The second kappa shape index (κ2) is 11.9. The summed E-state index contributed by atoms with van der Waals surface area (Å²) in [6.07, 6.45) is 1.36. The molecule has 1 N–H and O–H groups in total. The number of nitriles is 1. The molecule has 0 radical (unpaired) electrons. The number of anilines is 1. The Kier molecular flexibility index (Phi) is 9.16. The summed E-state index contributed by atoms with van der Waals surface area (Å²) in [7, 11) is 0. The standard InChI is InChI=1S/C23H12Br2Cl3N3O4/c24-16-6-12(7-17(25)22(16)35-11-13-3-1-2-4-18(13)26)5-14(10-29)23(32)30-21-19(27)8-15(31(33)34)9-20(21)28/h1-9H,11H2,(H,30,32)/b14-5+. The third kappa shape index (κ3) is 6.75. The Morgan fingerprint density at radius 1 is 1.09 bits per heavy atom. The Morgan fingerprint density at radius 3 is 2.23 bits per heavy atom. The molecule has 178 valence electrons. The third-order valence-electron chi connectivity index (χ3n) is 4.50. The van der Waals surface area contributed by atoms with Crippen molar-refractivity contribution in [3.8, 4) is 11.8 Å². The number of rotatable bonds is 7. The van der Waals surface area contributed by atoms with Crippen LogP contribution in [0.2, 0.25) is 15.1 Å². The molecule has 3 rings (SSSR count). The van der Waals surface area contributed by atoms with Crippen LogP contribution in [0.3, 0.4) is 0 Å². The lowest BCUT2D eigenvalue weighted by molar-refractivity contribution is -0.384. The first-order valence-electron chi connectivity index (χ1n) is 9.52. The molecule has 0 saturated heterocycles. The van der Waals surface area contributed by atoms with Gasteiger partial charge in [-0.2, -0.15) is 5.26 Å². The van der Waals surface area contributed by atoms with Crippen molar-refractivity contribution in [3.63, 3.8) is 0 Å². The molecule has 0 atom stereocenters. The molecular formula is C23H12Br2Cl3N3O4. The molecular weight excluding hydrogens is 648 g/mol. The number of benzene rings is 3. The van der Waals surface area contributed by atoms with Gasteiger partial charge in [0, 0.05) is 22.7 Å². The van der Waals surface area contributed by atoms with E-state index in [-0.39, 0.29) is 33.6 Å². The van der Waals surface area contributed by atoms with Crippen molar-refractivity contribution < 1.29 is 14.5 Å². The second-order valence-electron chi connectivity index (χ2n) is 6.86. The van der Waals surface area contributed by atoms with Crippen LogP contribution in [0.1, 0.15) is 11.1 Å². The van der Waals surface area contributed by atoms with Crippen molar-refractivity contribution in [2.45, 2.75) is 6.61 Å².